The van der Waals surface area contributed by atoms with Crippen molar-refractivity contribution in [2.45, 2.75) is 60.0 Å². The van der Waals surface area contributed by atoms with E-state index >= 15 is 0 Å². The molecule has 3 amide bonds. The molecule has 0 aliphatic rings. The Morgan fingerprint density at radius 2 is 1.82 bits per heavy atom. The second-order valence-corrected chi connectivity index (χ2v) is 10.5. The van der Waals surface area contributed by atoms with E-state index in [-0.39, 0.29) is 11.6 Å². The van der Waals surface area contributed by atoms with E-state index in [1.54, 1.807) is 18.3 Å². The number of pyridine rings is 2. The number of nitrogens with two attached hydrogens (primary N) is 1. The quantitative estimate of drug-likeness (QED) is 0.148. The van der Waals surface area contributed by atoms with Gasteiger partial charge in [-0.15, -0.1) is 11.3 Å². The highest BCUT2D eigenvalue weighted by Gasteiger charge is 2.21. The van der Waals surface area contributed by atoms with Gasteiger partial charge in [-0.2, -0.15) is 0 Å². The van der Waals surface area contributed by atoms with Crippen LogP contribution in [0, 0.1) is 6.92 Å². The van der Waals surface area contributed by atoms with Crippen LogP contribution in [0.2, 0.25) is 0 Å². The number of urea groups is 1. The number of hydrogen-bond acceptors (Lipinski definition) is 9. The van der Waals surface area contributed by atoms with Gasteiger partial charge < -0.3 is 10.1 Å². The number of nitrogen functional groups attached to an aromatic ring is 1. The molecule has 0 radical (unpaired) electrons. The van der Waals surface area contributed by atoms with Gasteiger partial charge in [0.2, 0.25) is 5.88 Å². The zero-order valence-corrected chi connectivity index (χ0v) is 24.2. The van der Waals surface area contributed by atoms with Gasteiger partial charge in [-0.25, -0.2) is 25.6 Å². The number of thiazole rings is 1. The number of nitrogens with zero attached hydrogens (tertiary/aromatic N) is 4. The Hall–Kier alpha value is -3.61. The van der Waals surface area contributed by atoms with Crippen molar-refractivity contribution in [3.8, 4) is 27.6 Å². The molecule has 11 nitrogen and oxygen atoms in total. The van der Waals surface area contributed by atoms with Crippen molar-refractivity contribution in [3.63, 3.8) is 0 Å². The van der Waals surface area contributed by atoms with Gasteiger partial charge in [0.15, 0.2) is 0 Å². The number of aromatic nitrogens is 3. The molecule has 3 aromatic heterocycles. The monoisotopic (exact) mass is 554 g/mol. The van der Waals surface area contributed by atoms with Crippen molar-refractivity contribution >= 4 is 29.1 Å². The van der Waals surface area contributed by atoms with Crippen molar-refractivity contribution in [1.82, 2.24) is 30.6 Å². The maximum Gasteiger partial charge on any atom is 0.320 e. The molecular weight excluding hydrogens is 516 g/mol. The minimum Gasteiger partial charge on any atom is -0.476 e. The Morgan fingerprint density at radius 1 is 1.08 bits per heavy atom. The third-order valence-corrected chi connectivity index (χ3v) is 6.97. The first-order valence-corrected chi connectivity index (χ1v) is 13.9. The molecule has 0 saturated heterocycles. The molecule has 0 atom stereocenters. The van der Waals surface area contributed by atoms with E-state index in [1.807, 2.05) is 19.2 Å². The Labute approximate surface area is 233 Å². The number of amides is 3. The Balaban J connectivity index is 2.06. The van der Waals surface area contributed by atoms with Gasteiger partial charge in [-0.1, -0.05) is 6.92 Å². The molecule has 0 aromatic carbocycles. The fourth-order valence-corrected chi connectivity index (χ4v) is 4.95. The standard InChI is InChI=1S/C27H38N8O3S/c1-7-8-29-27(37)33-23-12-21(26-32-18(6)15-39-26)22(14-30-23)20-11-19(24(36)34-28)13-31-25(20)38-10-9-35(16(2)3)17(4)5/h11-17H,7-10,28H2,1-6H3,(H,34,36)(H2,29,30,33,37). The maximum absolute atomic E-state index is 12.4. The maximum atomic E-state index is 12.4. The molecule has 0 spiro atoms. The zero-order chi connectivity index (χ0) is 28.5. The van der Waals surface area contributed by atoms with Gasteiger partial charge in [-0.3, -0.25) is 20.4 Å². The summed E-state index contributed by atoms with van der Waals surface area (Å²) < 4.78 is 6.19. The first-order valence-electron chi connectivity index (χ1n) is 13.0. The van der Waals surface area contributed by atoms with Gasteiger partial charge in [0.25, 0.3) is 5.91 Å². The third kappa shape index (κ3) is 7.94. The normalized spacial score (nSPS) is 11.2. The molecule has 0 aliphatic carbocycles. The number of carbonyl (C=O) groups is 2. The predicted molar refractivity (Wildman–Crippen MR) is 155 cm³/mol. The zero-order valence-electron chi connectivity index (χ0n) is 23.4. The molecule has 3 aromatic rings. The summed E-state index contributed by atoms with van der Waals surface area (Å²) in [6, 6.07) is 3.81. The van der Waals surface area contributed by atoms with Crippen LogP contribution in [0.15, 0.2) is 29.9 Å². The lowest BCUT2D eigenvalue weighted by atomic mass is 10.0. The molecule has 12 heteroatoms. The number of aryl methyl sites for hydroxylation is 1. The lowest BCUT2D eigenvalue weighted by Gasteiger charge is -2.30. The molecule has 0 aliphatic heterocycles. The second-order valence-electron chi connectivity index (χ2n) is 9.61. The number of rotatable bonds is 12. The highest BCUT2D eigenvalue weighted by atomic mass is 32.1. The summed E-state index contributed by atoms with van der Waals surface area (Å²) >= 11 is 1.47. The number of ether oxygens (including phenoxy) is 1. The van der Waals surface area contributed by atoms with E-state index in [1.165, 1.54) is 17.5 Å². The van der Waals surface area contributed by atoms with E-state index in [2.05, 4.69) is 63.6 Å². The van der Waals surface area contributed by atoms with Crippen LogP contribution in [-0.4, -0.2) is 63.6 Å². The van der Waals surface area contributed by atoms with E-state index in [0.717, 1.165) is 22.7 Å². The average Bonchev–Trinajstić information content (AvgIpc) is 3.35. The van der Waals surface area contributed by atoms with E-state index < -0.39 is 5.91 Å². The fourth-order valence-electron chi connectivity index (χ4n) is 4.12. The highest BCUT2D eigenvalue weighted by Crippen LogP contribution is 2.38. The number of nitrogens with one attached hydrogen (secondary N) is 3. The summed E-state index contributed by atoms with van der Waals surface area (Å²) in [5, 5.41) is 8.23. The van der Waals surface area contributed by atoms with Crippen LogP contribution in [0.4, 0.5) is 10.6 Å². The molecule has 0 unspecified atom stereocenters. The molecule has 3 heterocycles. The van der Waals surface area contributed by atoms with Crippen LogP contribution >= 0.6 is 11.3 Å². The van der Waals surface area contributed by atoms with Crippen LogP contribution in [0.5, 0.6) is 5.88 Å². The first-order chi connectivity index (χ1) is 18.6. The van der Waals surface area contributed by atoms with E-state index in [9.17, 15) is 9.59 Å². The molecule has 0 bridgehead atoms. The summed E-state index contributed by atoms with van der Waals surface area (Å²) in [7, 11) is 0. The number of carbonyl (C=O) groups excluding carboxylic acids is 2. The molecule has 3 rings (SSSR count). The number of hydrazine groups is 1. The van der Waals surface area contributed by atoms with Crippen molar-refractivity contribution in [2.24, 2.45) is 5.84 Å². The largest absolute Gasteiger partial charge is 0.476 e. The second kappa shape index (κ2) is 14.0. The smallest absolute Gasteiger partial charge is 0.320 e. The van der Waals surface area contributed by atoms with Gasteiger partial charge in [0.1, 0.15) is 17.4 Å². The lowest BCUT2D eigenvalue weighted by molar-refractivity contribution is 0.0953. The van der Waals surface area contributed by atoms with Crippen LogP contribution in [0.25, 0.3) is 21.7 Å². The molecule has 0 fully saturated rings. The summed E-state index contributed by atoms with van der Waals surface area (Å²) in [5.74, 6) is 5.64. The van der Waals surface area contributed by atoms with Gasteiger partial charge in [0, 0.05) is 65.3 Å². The number of anilines is 1. The van der Waals surface area contributed by atoms with E-state index in [4.69, 9.17) is 10.6 Å². The van der Waals surface area contributed by atoms with Gasteiger partial charge in [-0.05, 0) is 53.2 Å². The molecule has 0 saturated carbocycles. The number of hydrogen-bond donors (Lipinski definition) is 4. The molecule has 210 valence electrons. The summed E-state index contributed by atoms with van der Waals surface area (Å²) in [6.45, 7) is 14.1. The van der Waals surface area contributed by atoms with Crippen LogP contribution < -0.4 is 26.6 Å². The predicted octanol–water partition coefficient (Wildman–Crippen LogP) is 4.21. The van der Waals surface area contributed by atoms with E-state index in [0.29, 0.717) is 54.6 Å². The summed E-state index contributed by atoms with van der Waals surface area (Å²) in [5.41, 5.74) is 5.22. The topological polar surface area (TPSA) is 147 Å². The average molecular weight is 555 g/mol. The van der Waals surface area contributed by atoms with Gasteiger partial charge in [0.05, 0.1) is 5.56 Å². The van der Waals surface area contributed by atoms with Crippen LogP contribution in [-0.2, 0) is 0 Å². The first kappa shape index (κ1) is 29.9. The highest BCUT2D eigenvalue weighted by molar-refractivity contribution is 7.13. The lowest BCUT2D eigenvalue weighted by Crippen LogP contribution is -2.39. The van der Waals surface area contributed by atoms with Crippen molar-refractivity contribution in [2.75, 3.05) is 25.0 Å². The minimum absolute atomic E-state index is 0.272. The van der Waals surface area contributed by atoms with Gasteiger partial charge >= 0.3 is 6.03 Å². The molecule has 5 N–H and O–H groups in total. The molecule has 39 heavy (non-hydrogen) atoms. The van der Waals surface area contributed by atoms with Crippen molar-refractivity contribution in [3.05, 3.63) is 41.2 Å². The summed E-state index contributed by atoms with van der Waals surface area (Å²) in [4.78, 5) is 40.6. The van der Waals surface area contributed by atoms with Crippen molar-refractivity contribution in [1.29, 1.82) is 0 Å². The Morgan fingerprint density at radius 3 is 2.44 bits per heavy atom. The van der Waals surface area contributed by atoms with Crippen molar-refractivity contribution < 1.29 is 14.3 Å². The summed E-state index contributed by atoms with van der Waals surface area (Å²) in [6.07, 6.45) is 3.88. The Kier molecular flexibility index (Phi) is 10.7. The fraction of sp³-hybridized carbons (Fsp3) is 0.444. The third-order valence-electron chi connectivity index (χ3n) is 5.98. The minimum atomic E-state index is -0.480. The SMILES string of the molecule is CCCNC(=O)Nc1cc(-c2nc(C)cs2)c(-c2cc(C(=O)NN)cnc2OCCN(C(C)C)C(C)C)cn1. The van der Waals surface area contributed by atoms with Crippen LogP contribution in [0.1, 0.15) is 57.1 Å². The van der Waals surface area contributed by atoms with Crippen LogP contribution in [0.3, 0.4) is 0 Å². The molecular formula is C27H38N8O3S. The Bertz CT molecular complexity index is 1270.